The highest BCUT2D eigenvalue weighted by atomic mass is 32.2. The number of H-pyrrole nitrogens is 1. The van der Waals surface area contributed by atoms with Gasteiger partial charge in [0.25, 0.3) is 0 Å². The van der Waals surface area contributed by atoms with Crippen LogP contribution in [0.25, 0.3) is 0 Å². The number of hydrogen-bond acceptors (Lipinski definition) is 5. The maximum atomic E-state index is 12.4. The van der Waals surface area contributed by atoms with Crippen LogP contribution in [0.5, 0.6) is 0 Å². The summed E-state index contributed by atoms with van der Waals surface area (Å²) in [4.78, 5) is 0.219. The summed E-state index contributed by atoms with van der Waals surface area (Å²) >= 11 is 1.70. The Morgan fingerprint density at radius 1 is 1.50 bits per heavy atom. The Bertz CT molecular complexity index is 484. The van der Waals surface area contributed by atoms with Gasteiger partial charge in [0.1, 0.15) is 4.90 Å². The lowest BCUT2D eigenvalue weighted by Gasteiger charge is -2.17. The van der Waals surface area contributed by atoms with Crippen LogP contribution in [0.4, 0.5) is 0 Å². The second-order valence-corrected chi connectivity index (χ2v) is 6.97. The van der Waals surface area contributed by atoms with Crippen LogP contribution in [0.2, 0.25) is 0 Å². The molecule has 0 fully saturated rings. The molecule has 0 aliphatic rings. The SMILES string of the molecule is CSCCCN(C)S(=O)(=O)c1c(CN)n[nH]c1C. The first-order valence-corrected chi connectivity index (χ1v) is 8.47. The molecule has 1 rings (SSSR count). The van der Waals surface area contributed by atoms with Crippen molar-refractivity contribution in [3.63, 3.8) is 0 Å². The van der Waals surface area contributed by atoms with Crippen molar-refractivity contribution in [2.24, 2.45) is 5.73 Å². The van der Waals surface area contributed by atoms with Crippen LogP contribution in [0, 0.1) is 6.92 Å². The van der Waals surface area contributed by atoms with Gasteiger partial charge in [0, 0.05) is 20.1 Å². The molecule has 0 aliphatic heterocycles. The first kappa shape index (κ1) is 15.5. The standard InChI is InChI=1S/C10H20N4O2S2/c1-8-10(9(7-11)13-12-8)18(15,16)14(2)5-4-6-17-3/h4-7,11H2,1-3H3,(H,12,13). The third-order valence-corrected chi connectivity index (χ3v) is 5.40. The normalized spacial score (nSPS) is 12.3. The van der Waals surface area contributed by atoms with E-state index in [0.29, 0.717) is 17.9 Å². The van der Waals surface area contributed by atoms with Crippen molar-refractivity contribution in [1.29, 1.82) is 0 Å². The van der Waals surface area contributed by atoms with E-state index in [1.807, 2.05) is 6.26 Å². The number of aromatic nitrogens is 2. The number of aromatic amines is 1. The summed E-state index contributed by atoms with van der Waals surface area (Å²) in [6, 6.07) is 0. The quantitative estimate of drug-likeness (QED) is 0.716. The minimum atomic E-state index is -3.50. The Kier molecular flexibility index (Phi) is 5.64. The molecule has 0 amide bonds. The van der Waals surface area contributed by atoms with Crippen molar-refractivity contribution >= 4 is 21.8 Å². The molecule has 0 atom stereocenters. The van der Waals surface area contributed by atoms with Gasteiger partial charge >= 0.3 is 0 Å². The van der Waals surface area contributed by atoms with E-state index in [4.69, 9.17) is 5.73 Å². The first-order valence-electron chi connectivity index (χ1n) is 5.64. The number of aryl methyl sites for hydroxylation is 1. The molecule has 0 bridgehead atoms. The molecule has 0 spiro atoms. The van der Waals surface area contributed by atoms with E-state index in [-0.39, 0.29) is 11.4 Å². The number of thioether (sulfide) groups is 1. The second-order valence-electron chi connectivity index (χ2n) is 4.00. The number of nitrogens with two attached hydrogens (primary N) is 1. The minimum absolute atomic E-state index is 0.109. The number of sulfonamides is 1. The van der Waals surface area contributed by atoms with Gasteiger partial charge in [-0.2, -0.15) is 16.9 Å². The molecular weight excluding hydrogens is 272 g/mol. The molecule has 3 N–H and O–H groups in total. The monoisotopic (exact) mass is 292 g/mol. The molecule has 18 heavy (non-hydrogen) atoms. The largest absolute Gasteiger partial charge is 0.325 e. The molecule has 0 saturated carbocycles. The summed E-state index contributed by atoms with van der Waals surface area (Å²) in [6.07, 6.45) is 2.83. The zero-order valence-corrected chi connectivity index (χ0v) is 12.6. The average molecular weight is 292 g/mol. The predicted octanol–water partition coefficient (Wildman–Crippen LogP) is 0.550. The molecule has 8 heteroatoms. The van der Waals surface area contributed by atoms with E-state index in [1.54, 1.807) is 25.7 Å². The summed E-state index contributed by atoms with van der Waals surface area (Å²) < 4.78 is 26.1. The summed E-state index contributed by atoms with van der Waals surface area (Å²) in [5.74, 6) is 0.938. The van der Waals surface area contributed by atoms with Gasteiger partial charge in [-0.15, -0.1) is 0 Å². The zero-order valence-electron chi connectivity index (χ0n) is 10.9. The molecule has 0 aromatic carbocycles. The number of hydrogen-bond donors (Lipinski definition) is 2. The lowest BCUT2D eigenvalue weighted by Crippen LogP contribution is -2.29. The van der Waals surface area contributed by atoms with Crippen molar-refractivity contribution in [3.05, 3.63) is 11.4 Å². The van der Waals surface area contributed by atoms with Gasteiger partial charge < -0.3 is 5.73 Å². The third kappa shape index (κ3) is 3.25. The lowest BCUT2D eigenvalue weighted by atomic mass is 10.4. The van der Waals surface area contributed by atoms with E-state index >= 15 is 0 Å². The third-order valence-electron chi connectivity index (χ3n) is 2.64. The van der Waals surface area contributed by atoms with Crippen LogP contribution in [-0.4, -0.2) is 48.5 Å². The van der Waals surface area contributed by atoms with Gasteiger partial charge in [0.05, 0.1) is 11.4 Å². The summed E-state index contributed by atoms with van der Waals surface area (Å²) in [5, 5.41) is 6.60. The second kappa shape index (κ2) is 6.55. The molecule has 1 aromatic heterocycles. The maximum absolute atomic E-state index is 12.4. The van der Waals surface area contributed by atoms with Crippen molar-refractivity contribution in [1.82, 2.24) is 14.5 Å². The topological polar surface area (TPSA) is 92.1 Å². The van der Waals surface area contributed by atoms with Gasteiger partial charge in [-0.25, -0.2) is 12.7 Å². The first-order chi connectivity index (χ1) is 8.45. The Balaban J connectivity index is 2.94. The fraction of sp³-hybridized carbons (Fsp3) is 0.700. The molecule has 0 radical (unpaired) electrons. The van der Waals surface area contributed by atoms with Crippen LogP contribution >= 0.6 is 11.8 Å². The van der Waals surface area contributed by atoms with Crippen molar-refractivity contribution in [2.45, 2.75) is 24.8 Å². The highest BCUT2D eigenvalue weighted by Gasteiger charge is 2.27. The maximum Gasteiger partial charge on any atom is 0.246 e. The summed E-state index contributed by atoms with van der Waals surface area (Å²) in [7, 11) is -1.91. The Labute approximate surface area is 112 Å². The summed E-state index contributed by atoms with van der Waals surface area (Å²) in [5.41, 5.74) is 6.44. The minimum Gasteiger partial charge on any atom is -0.325 e. The van der Waals surface area contributed by atoms with E-state index in [1.165, 1.54) is 4.31 Å². The average Bonchev–Trinajstić information content (AvgIpc) is 2.71. The zero-order chi connectivity index (χ0) is 13.8. The Morgan fingerprint density at radius 3 is 2.72 bits per heavy atom. The highest BCUT2D eigenvalue weighted by Crippen LogP contribution is 2.21. The lowest BCUT2D eigenvalue weighted by molar-refractivity contribution is 0.468. The van der Waals surface area contributed by atoms with Crippen LogP contribution in [0.3, 0.4) is 0 Å². The molecule has 0 saturated heterocycles. The molecular formula is C10H20N4O2S2. The molecule has 0 aliphatic carbocycles. The van der Waals surface area contributed by atoms with E-state index in [9.17, 15) is 8.42 Å². The summed E-state index contributed by atoms with van der Waals surface area (Å²) in [6.45, 7) is 2.30. The van der Waals surface area contributed by atoms with Gasteiger partial charge in [-0.1, -0.05) is 0 Å². The van der Waals surface area contributed by atoms with E-state index in [2.05, 4.69) is 10.2 Å². The molecule has 6 nitrogen and oxygen atoms in total. The van der Waals surface area contributed by atoms with Crippen molar-refractivity contribution < 1.29 is 8.42 Å². The smallest absolute Gasteiger partial charge is 0.246 e. The fourth-order valence-corrected chi connectivity index (χ4v) is 3.62. The van der Waals surface area contributed by atoms with Crippen LogP contribution in [0.1, 0.15) is 17.8 Å². The molecule has 1 heterocycles. The van der Waals surface area contributed by atoms with Crippen LogP contribution in [-0.2, 0) is 16.6 Å². The van der Waals surface area contributed by atoms with E-state index < -0.39 is 10.0 Å². The molecule has 1 aromatic rings. The van der Waals surface area contributed by atoms with Gasteiger partial charge in [0.15, 0.2) is 0 Å². The van der Waals surface area contributed by atoms with Gasteiger partial charge in [0.2, 0.25) is 10.0 Å². The molecule has 104 valence electrons. The van der Waals surface area contributed by atoms with Gasteiger partial charge in [-0.3, -0.25) is 5.10 Å². The number of rotatable bonds is 7. The van der Waals surface area contributed by atoms with E-state index in [0.717, 1.165) is 12.2 Å². The predicted molar refractivity (Wildman–Crippen MR) is 74.0 cm³/mol. The Morgan fingerprint density at radius 2 is 2.17 bits per heavy atom. The molecule has 0 unspecified atom stereocenters. The van der Waals surface area contributed by atoms with Crippen molar-refractivity contribution in [3.8, 4) is 0 Å². The van der Waals surface area contributed by atoms with Crippen LogP contribution < -0.4 is 5.73 Å². The van der Waals surface area contributed by atoms with Gasteiger partial charge in [-0.05, 0) is 25.4 Å². The van der Waals surface area contributed by atoms with Crippen LogP contribution in [0.15, 0.2) is 4.90 Å². The highest BCUT2D eigenvalue weighted by molar-refractivity contribution is 7.98. The number of nitrogens with one attached hydrogen (secondary N) is 1. The number of nitrogens with zero attached hydrogens (tertiary/aromatic N) is 2. The van der Waals surface area contributed by atoms with Crippen molar-refractivity contribution in [2.75, 3.05) is 25.6 Å². The Hall–Kier alpha value is -0.570. The fourth-order valence-electron chi connectivity index (χ4n) is 1.66.